The van der Waals surface area contributed by atoms with Crippen molar-refractivity contribution < 1.29 is 13.9 Å². The first-order chi connectivity index (χ1) is 11.4. The van der Waals surface area contributed by atoms with Crippen molar-refractivity contribution in [3.05, 3.63) is 71.2 Å². The normalized spacial score (nSPS) is 14.0. The second-order valence-corrected chi connectivity index (χ2v) is 6.19. The van der Waals surface area contributed by atoms with Crippen molar-refractivity contribution >= 4 is 5.65 Å². The Labute approximate surface area is 138 Å². The maximum absolute atomic E-state index is 13.9. The summed E-state index contributed by atoms with van der Waals surface area (Å²) in [5.74, 6) is -1.42. The number of imidazole rings is 1. The van der Waals surface area contributed by atoms with E-state index in [0.29, 0.717) is 6.54 Å². The van der Waals surface area contributed by atoms with Crippen LogP contribution in [-0.4, -0.2) is 21.0 Å². The Morgan fingerprint density at radius 2 is 2.04 bits per heavy atom. The molecule has 0 amide bonds. The molecule has 2 N–H and O–H groups in total. The summed E-state index contributed by atoms with van der Waals surface area (Å²) < 4.78 is 28.8. The van der Waals surface area contributed by atoms with Crippen LogP contribution in [-0.2, 0) is 12.1 Å². The van der Waals surface area contributed by atoms with Crippen LogP contribution in [0.15, 0.2) is 42.7 Å². The minimum atomic E-state index is -1.45. The van der Waals surface area contributed by atoms with Crippen LogP contribution in [0.5, 0.6) is 0 Å². The maximum atomic E-state index is 13.9. The lowest BCUT2D eigenvalue weighted by Crippen LogP contribution is -2.36. The lowest BCUT2D eigenvalue weighted by Gasteiger charge is -2.24. The molecule has 0 fully saturated rings. The minimum Gasteiger partial charge on any atom is -0.384 e. The van der Waals surface area contributed by atoms with Crippen molar-refractivity contribution in [2.75, 3.05) is 6.54 Å². The highest BCUT2D eigenvalue weighted by Crippen LogP contribution is 2.23. The van der Waals surface area contributed by atoms with Gasteiger partial charge in [-0.3, -0.25) is 0 Å². The van der Waals surface area contributed by atoms with E-state index in [1.54, 1.807) is 6.20 Å². The molecule has 1 atom stereocenters. The van der Waals surface area contributed by atoms with Crippen LogP contribution in [0.2, 0.25) is 0 Å². The van der Waals surface area contributed by atoms with Gasteiger partial charge >= 0.3 is 0 Å². The minimum absolute atomic E-state index is 0.0605. The Bertz CT molecular complexity index is 874. The van der Waals surface area contributed by atoms with E-state index in [0.717, 1.165) is 29.0 Å². The quantitative estimate of drug-likeness (QED) is 0.756. The van der Waals surface area contributed by atoms with E-state index in [9.17, 15) is 13.9 Å². The van der Waals surface area contributed by atoms with Gasteiger partial charge in [0.05, 0.1) is 11.9 Å². The summed E-state index contributed by atoms with van der Waals surface area (Å²) >= 11 is 0. The van der Waals surface area contributed by atoms with Crippen LogP contribution in [0, 0.1) is 18.6 Å². The summed E-state index contributed by atoms with van der Waals surface area (Å²) in [6.45, 7) is 4.08. The summed E-state index contributed by atoms with van der Waals surface area (Å²) in [5, 5.41) is 13.6. The zero-order valence-electron chi connectivity index (χ0n) is 13.6. The highest BCUT2D eigenvalue weighted by molar-refractivity contribution is 5.41. The average Bonchev–Trinajstić information content (AvgIpc) is 2.89. The van der Waals surface area contributed by atoms with Crippen molar-refractivity contribution in [3.8, 4) is 0 Å². The summed E-state index contributed by atoms with van der Waals surface area (Å²) in [6, 6.07) is 7.10. The first-order valence-corrected chi connectivity index (χ1v) is 7.68. The molecule has 1 unspecified atom stereocenters. The molecule has 0 spiro atoms. The van der Waals surface area contributed by atoms with Crippen molar-refractivity contribution in [2.45, 2.75) is 26.0 Å². The smallest absolute Gasteiger partial charge is 0.136 e. The lowest BCUT2D eigenvalue weighted by atomic mass is 9.95. The van der Waals surface area contributed by atoms with Crippen LogP contribution in [0.4, 0.5) is 8.78 Å². The van der Waals surface area contributed by atoms with Gasteiger partial charge in [-0.2, -0.15) is 0 Å². The monoisotopic (exact) mass is 331 g/mol. The standard InChI is InChI=1S/C18H19F2N3O/c1-12-3-6-17-22-9-14(23(17)10-12)8-21-11-18(2,24)15-5-4-13(19)7-16(15)20/h3-7,9-10,21,24H,8,11H2,1-2H3. The van der Waals surface area contributed by atoms with Gasteiger partial charge in [-0.05, 0) is 31.5 Å². The Morgan fingerprint density at radius 3 is 2.79 bits per heavy atom. The molecular weight excluding hydrogens is 312 g/mol. The highest BCUT2D eigenvalue weighted by Gasteiger charge is 2.26. The van der Waals surface area contributed by atoms with E-state index in [4.69, 9.17) is 0 Å². The van der Waals surface area contributed by atoms with Crippen LogP contribution >= 0.6 is 0 Å². The van der Waals surface area contributed by atoms with Gasteiger partial charge < -0.3 is 14.8 Å². The number of hydrogen-bond donors (Lipinski definition) is 2. The lowest BCUT2D eigenvalue weighted by molar-refractivity contribution is 0.0527. The molecule has 2 heterocycles. The number of nitrogens with one attached hydrogen (secondary N) is 1. The number of aryl methyl sites for hydroxylation is 1. The molecule has 0 aliphatic heterocycles. The van der Waals surface area contributed by atoms with Crippen LogP contribution < -0.4 is 5.32 Å². The van der Waals surface area contributed by atoms with Gasteiger partial charge in [0.15, 0.2) is 0 Å². The number of rotatable bonds is 5. The zero-order chi connectivity index (χ0) is 17.3. The second-order valence-electron chi connectivity index (χ2n) is 6.19. The number of hydrogen-bond acceptors (Lipinski definition) is 3. The van der Waals surface area contributed by atoms with E-state index in [1.807, 2.05) is 29.7 Å². The molecule has 3 rings (SSSR count). The Hall–Kier alpha value is -2.31. The van der Waals surface area contributed by atoms with Gasteiger partial charge in [-0.25, -0.2) is 13.8 Å². The number of aliphatic hydroxyl groups is 1. The van der Waals surface area contributed by atoms with Crippen LogP contribution in [0.1, 0.15) is 23.7 Å². The predicted octanol–water partition coefficient (Wildman–Crippen LogP) is 2.92. The van der Waals surface area contributed by atoms with Gasteiger partial charge in [0.2, 0.25) is 0 Å². The van der Waals surface area contributed by atoms with Crippen molar-refractivity contribution in [2.24, 2.45) is 0 Å². The van der Waals surface area contributed by atoms with Gasteiger partial charge in [0, 0.05) is 30.9 Å². The molecule has 126 valence electrons. The number of halogens is 2. The fourth-order valence-electron chi connectivity index (χ4n) is 2.72. The molecule has 0 saturated carbocycles. The molecule has 3 aromatic rings. The predicted molar refractivity (Wildman–Crippen MR) is 87.6 cm³/mol. The van der Waals surface area contributed by atoms with Gasteiger partial charge in [-0.15, -0.1) is 0 Å². The van der Waals surface area contributed by atoms with Gasteiger partial charge in [-0.1, -0.05) is 12.1 Å². The molecule has 0 bridgehead atoms. The fraction of sp³-hybridized carbons (Fsp3) is 0.278. The van der Waals surface area contributed by atoms with Crippen LogP contribution in [0.3, 0.4) is 0 Å². The summed E-state index contributed by atoms with van der Waals surface area (Å²) in [4.78, 5) is 4.32. The average molecular weight is 331 g/mol. The largest absolute Gasteiger partial charge is 0.384 e. The van der Waals surface area contributed by atoms with Crippen LogP contribution in [0.25, 0.3) is 5.65 Å². The molecule has 24 heavy (non-hydrogen) atoms. The van der Waals surface area contributed by atoms with Crippen molar-refractivity contribution in [1.29, 1.82) is 0 Å². The van der Waals surface area contributed by atoms with E-state index in [1.165, 1.54) is 13.0 Å². The first kappa shape index (κ1) is 16.5. The molecule has 0 aliphatic carbocycles. The van der Waals surface area contributed by atoms with E-state index in [2.05, 4.69) is 10.3 Å². The number of aromatic nitrogens is 2. The second kappa shape index (κ2) is 6.30. The maximum Gasteiger partial charge on any atom is 0.136 e. The van der Waals surface area contributed by atoms with Gasteiger partial charge in [0.1, 0.15) is 22.9 Å². The third-order valence-electron chi connectivity index (χ3n) is 4.02. The number of fused-ring (bicyclic) bond motifs is 1. The third kappa shape index (κ3) is 3.29. The van der Waals surface area contributed by atoms with E-state index in [-0.39, 0.29) is 12.1 Å². The number of pyridine rings is 1. The topological polar surface area (TPSA) is 49.6 Å². The molecule has 1 aromatic carbocycles. The molecule has 0 radical (unpaired) electrons. The SMILES string of the molecule is Cc1ccc2ncc(CNCC(C)(O)c3ccc(F)cc3F)n2c1. The first-order valence-electron chi connectivity index (χ1n) is 7.68. The molecule has 4 nitrogen and oxygen atoms in total. The zero-order valence-corrected chi connectivity index (χ0v) is 13.6. The fourth-order valence-corrected chi connectivity index (χ4v) is 2.72. The Balaban J connectivity index is 1.71. The molecule has 0 saturated heterocycles. The highest BCUT2D eigenvalue weighted by atomic mass is 19.1. The molecule has 2 aromatic heterocycles. The summed E-state index contributed by atoms with van der Waals surface area (Å²) in [6.07, 6.45) is 3.74. The molecule has 6 heteroatoms. The molecule has 0 aliphatic rings. The Morgan fingerprint density at radius 1 is 1.25 bits per heavy atom. The summed E-state index contributed by atoms with van der Waals surface area (Å²) in [5.41, 5.74) is 1.50. The number of nitrogens with zero attached hydrogens (tertiary/aromatic N) is 2. The van der Waals surface area contributed by atoms with E-state index >= 15 is 0 Å². The van der Waals surface area contributed by atoms with Crippen molar-refractivity contribution in [3.63, 3.8) is 0 Å². The van der Waals surface area contributed by atoms with Crippen molar-refractivity contribution in [1.82, 2.24) is 14.7 Å². The van der Waals surface area contributed by atoms with Gasteiger partial charge in [0.25, 0.3) is 0 Å². The van der Waals surface area contributed by atoms with E-state index < -0.39 is 17.2 Å². The summed E-state index contributed by atoms with van der Waals surface area (Å²) in [7, 11) is 0. The number of benzene rings is 1. The third-order valence-corrected chi connectivity index (χ3v) is 4.02. The Kier molecular flexibility index (Phi) is 4.34. The molecular formula is C18H19F2N3O.